The first-order chi connectivity index (χ1) is 5.72. The number of aliphatic carboxylic acids is 1. The van der Waals surface area contributed by atoms with Gasteiger partial charge in [0.15, 0.2) is 0 Å². The van der Waals surface area contributed by atoms with Gasteiger partial charge in [0.25, 0.3) is 0 Å². The van der Waals surface area contributed by atoms with E-state index in [-0.39, 0.29) is 11.6 Å². The van der Waals surface area contributed by atoms with Gasteiger partial charge in [-0.05, 0) is 25.7 Å². The lowest BCUT2D eigenvalue weighted by atomic mass is 9.96. The average molecular weight is 169 g/mol. The molecule has 1 aliphatic carbocycles. The highest BCUT2D eigenvalue weighted by Gasteiger charge is 2.42. The van der Waals surface area contributed by atoms with Crippen LogP contribution in [-0.4, -0.2) is 22.7 Å². The van der Waals surface area contributed by atoms with Gasteiger partial charge < -0.3 is 5.11 Å². The van der Waals surface area contributed by atoms with E-state index in [0.29, 0.717) is 0 Å². The zero-order valence-corrected chi connectivity index (χ0v) is 7.18. The highest BCUT2D eigenvalue weighted by atomic mass is 16.4. The molecule has 2 fully saturated rings. The normalized spacial score (nSPS) is 32.8. The quantitative estimate of drug-likeness (QED) is 0.618. The molecule has 3 nitrogen and oxygen atoms in total. The molecule has 3 heteroatoms. The van der Waals surface area contributed by atoms with E-state index in [1.54, 1.807) is 0 Å². The number of hydrogen-bond donors (Lipinski definition) is 2. The van der Waals surface area contributed by atoms with Crippen LogP contribution >= 0.6 is 0 Å². The summed E-state index contributed by atoms with van der Waals surface area (Å²) in [6, 6.07) is -0.275. The molecule has 0 radical (unpaired) electrons. The van der Waals surface area contributed by atoms with Crippen molar-refractivity contribution in [2.24, 2.45) is 0 Å². The zero-order valence-electron chi connectivity index (χ0n) is 7.18. The van der Waals surface area contributed by atoms with E-state index >= 15 is 0 Å². The molecule has 0 aromatic rings. The molecule has 68 valence electrons. The standard InChI is InChI=1S/C9H15NO2/c11-8(12)7-3-6-9(10-7)4-1-2-5-9/h7,10H,1-6H2,(H,11,12)/t7-/m1/s1. The summed E-state index contributed by atoms with van der Waals surface area (Å²) in [5.41, 5.74) is 0.211. The predicted molar refractivity (Wildman–Crippen MR) is 45.0 cm³/mol. The zero-order chi connectivity index (χ0) is 8.60. The van der Waals surface area contributed by atoms with Crippen molar-refractivity contribution < 1.29 is 9.90 Å². The third-order valence-electron chi connectivity index (χ3n) is 3.25. The van der Waals surface area contributed by atoms with E-state index in [0.717, 1.165) is 12.8 Å². The molecule has 12 heavy (non-hydrogen) atoms. The molecule has 2 aliphatic rings. The van der Waals surface area contributed by atoms with Gasteiger partial charge in [-0.2, -0.15) is 0 Å². The number of carboxylic acids is 1. The fourth-order valence-corrected chi connectivity index (χ4v) is 2.57. The Morgan fingerprint density at radius 2 is 2.00 bits per heavy atom. The van der Waals surface area contributed by atoms with E-state index in [9.17, 15) is 4.79 Å². The maximum Gasteiger partial charge on any atom is 0.320 e. The maximum absolute atomic E-state index is 10.7. The van der Waals surface area contributed by atoms with Crippen LogP contribution in [0.25, 0.3) is 0 Å². The lowest BCUT2D eigenvalue weighted by Crippen LogP contribution is -2.43. The van der Waals surface area contributed by atoms with E-state index in [1.165, 1.54) is 25.7 Å². The third kappa shape index (κ3) is 1.22. The summed E-state index contributed by atoms with van der Waals surface area (Å²) < 4.78 is 0. The van der Waals surface area contributed by atoms with Crippen LogP contribution in [0, 0.1) is 0 Å². The van der Waals surface area contributed by atoms with Gasteiger partial charge >= 0.3 is 5.97 Å². The van der Waals surface area contributed by atoms with Crippen molar-refractivity contribution >= 4 is 5.97 Å². The summed E-state index contributed by atoms with van der Waals surface area (Å²) in [5.74, 6) is -0.682. The van der Waals surface area contributed by atoms with Crippen molar-refractivity contribution in [1.82, 2.24) is 5.32 Å². The average Bonchev–Trinajstić information content (AvgIpc) is 2.62. The number of rotatable bonds is 1. The van der Waals surface area contributed by atoms with Gasteiger partial charge in [0.05, 0.1) is 0 Å². The van der Waals surface area contributed by atoms with Gasteiger partial charge in [-0.3, -0.25) is 10.1 Å². The number of carboxylic acid groups (broad SMARTS) is 1. The van der Waals surface area contributed by atoms with Crippen LogP contribution in [0.3, 0.4) is 0 Å². The molecule has 0 amide bonds. The second kappa shape index (κ2) is 2.73. The highest BCUT2D eigenvalue weighted by Crippen LogP contribution is 2.38. The Hall–Kier alpha value is -0.570. The Balaban J connectivity index is 2.01. The third-order valence-corrected chi connectivity index (χ3v) is 3.25. The minimum atomic E-state index is -0.682. The van der Waals surface area contributed by atoms with E-state index in [1.807, 2.05) is 0 Å². The molecule has 1 aliphatic heterocycles. The summed E-state index contributed by atoms with van der Waals surface area (Å²) >= 11 is 0. The summed E-state index contributed by atoms with van der Waals surface area (Å²) in [4.78, 5) is 10.7. The van der Waals surface area contributed by atoms with Crippen LogP contribution in [0.5, 0.6) is 0 Å². The van der Waals surface area contributed by atoms with E-state index < -0.39 is 5.97 Å². The van der Waals surface area contributed by atoms with E-state index in [4.69, 9.17) is 5.11 Å². The van der Waals surface area contributed by atoms with Crippen molar-refractivity contribution in [2.75, 3.05) is 0 Å². The van der Waals surface area contributed by atoms with Crippen LogP contribution in [-0.2, 0) is 4.79 Å². The summed E-state index contributed by atoms with van der Waals surface area (Å²) in [6.45, 7) is 0. The number of carbonyl (C=O) groups is 1. The summed E-state index contributed by atoms with van der Waals surface area (Å²) in [6.07, 6.45) is 6.76. The monoisotopic (exact) mass is 169 g/mol. The summed E-state index contributed by atoms with van der Waals surface area (Å²) in [7, 11) is 0. The SMILES string of the molecule is O=C(O)[C@H]1CCC2(CCCC2)N1. The van der Waals surface area contributed by atoms with Gasteiger partial charge in [-0.25, -0.2) is 0 Å². The number of hydrogen-bond acceptors (Lipinski definition) is 2. The van der Waals surface area contributed by atoms with Crippen LogP contribution < -0.4 is 5.32 Å². The minimum Gasteiger partial charge on any atom is -0.480 e. The first kappa shape index (κ1) is 8.05. The molecule has 1 heterocycles. The smallest absolute Gasteiger partial charge is 0.320 e. The Kier molecular flexibility index (Phi) is 1.83. The fourth-order valence-electron chi connectivity index (χ4n) is 2.57. The molecule has 1 saturated heterocycles. The minimum absolute atomic E-state index is 0.211. The Morgan fingerprint density at radius 1 is 1.33 bits per heavy atom. The molecule has 0 aromatic heterocycles. The fraction of sp³-hybridized carbons (Fsp3) is 0.889. The second-order valence-corrected chi connectivity index (χ2v) is 4.06. The van der Waals surface area contributed by atoms with Crippen LogP contribution in [0.2, 0.25) is 0 Å². The first-order valence-corrected chi connectivity index (χ1v) is 4.72. The van der Waals surface area contributed by atoms with Gasteiger partial charge in [0.1, 0.15) is 6.04 Å². The van der Waals surface area contributed by atoms with Crippen molar-refractivity contribution in [1.29, 1.82) is 0 Å². The van der Waals surface area contributed by atoms with Crippen molar-refractivity contribution in [3.8, 4) is 0 Å². The lowest BCUT2D eigenvalue weighted by Gasteiger charge is -2.23. The molecule has 1 atom stereocenters. The highest BCUT2D eigenvalue weighted by molar-refractivity contribution is 5.74. The molecular formula is C9H15NO2. The van der Waals surface area contributed by atoms with Crippen molar-refractivity contribution in [3.05, 3.63) is 0 Å². The molecular weight excluding hydrogens is 154 g/mol. The molecule has 1 saturated carbocycles. The molecule has 2 N–H and O–H groups in total. The van der Waals surface area contributed by atoms with Crippen LogP contribution in [0.15, 0.2) is 0 Å². The summed E-state index contributed by atoms with van der Waals surface area (Å²) in [5, 5.41) is 12.1. The molecule has 0 unspecified atom stereocenters. The van der Waals surface area contributed by atoms with Gasteiger partial charge in [0.2, 0.25) is 0 Å². The van der Waals surface area contributed by atoms with Crippen LogP contribution in [0.4, 0.5) is 0 Å². The molecule has 2 rings (SSSR count). The van der Waals surface area contributed by atoms with Gasteiger partial charge in [-0.15, -0.1) is 0 Å². The molecule has 1 spiro atoms. The van der Waals surface area contributed by atoms with Crippen molar-refractivity contribution in [3.63, 3.8) is 0 Å². The first-order valence-electron chi connectivity index (χ1n) is 4.72. The van der Waals surface area contributed by atoms with Gasteiger partial charge in [0, 0.05) is 5.54 Å². The number of nitrogens with one attached hydrogen (secondary N) is 1. The Morgan fingerprint density at radius 3 is 2.50 bits per heavy atom. The van der Waals surface area contributed by atoms with Crippen LogP contribution in [0.1, 0.15) is 38.5 Å². The predicted octanol–water partition coefficient (Wildman–Crippen LogP) is 1.14. The van der Waals surface area contributed by atoms with Crippen molar-refractivity contribution in [2.45, 2.75) is 50.1 Å². The topological polar surface area (TPSA) is 49.3 Å². The second-order valence-electron chi connectivity index (χ2n) is 4.06. The maximum atomic E-state index is 10.7. The lowest BCUT2D eigenvalue weighted by molar-refractivity contribution is -0.139. The Labute approximate surface area is 72.2 Å². The van der Waals surface area contributed by atoms with Gasteiger partial charge in [-0.1, -0.05) is 12.8 Å². The molecule has 0 bridgehead atoms. The largest absolute Gasteiger partial charge is 0.480 e. The molecule has 0 aromatic carbocycles. The van der Waals surface area contributed by atoms with E-state index in [2.05, 4.69) is 5.32 Å². The Bertz CT molecular complexity index is 197.